The summed E-state index contributed by atoms with van der Waals surface area (Å²) >= 11 is 0. The maximum absolute atomic E-state index is 11.7. The van der Waals surface area contributed by atoms with E-state index in [4.69, 9.17) is 4.74 Å². The fraction of sp³-hybridized carbons (Fsp3) is 0.250. The van der Waals surface area contributed by atoms with Gasteiger partial charge in [0.25, 0.3) is 0 Å². The minimum absolute atomic E-state index is 0.378. The summed E-state index contributed by atoms with van der Waals surface area (Å²) in [6, 6.07) is 5.44. The van der Waals surface area contributed by atoms with Crippen LogP contribution in [-0.2, 0) is 4.74 Å². The predicted octanol–water partition coefficient (Wildman–Crippen LogP) is 1.67. The lowest BCUT2D eigenvalue weighted by Gasteiger charge is -2.10. The molecule has 0 unspecified atom stereocenters. The van der Waals surface area contributed by atoms with Crippen LogP contribution < -0.4 is 0 Å². The second-order valence-corrected chi connectivity index (χ2v) is 3.70. The van der Waals surface area contributed by atoms with E-state index in [0.29, 0.717) is 17.1 Å². The van der Waals surface area contributed by atoms with Crippen molar-refractivity contribution in [3.05, 3.63) is 41.5 Å². The van der Waals surface area contributed by atoms with E-state index in [1.54, 1.807) is 24.0 Å². The highest BCUT2D eigenvalue weighted by molar-refractivity contribution is 5.93. The van der Waals surface area contributed by atoms with Gasteiger partial charge in [0.15, 0.2) is 0 Å². The number of aryl methyl sites for hydroxylation is 2. The van der Waals surface area contributed by atoms with Crippen LogP contribution in [0.25, 0.3) is 5.69 Å². The van der Waals surface area contributed by atoms with E-state index < -0.39 is 0 Å². The normalized spacial score (nSPS) is 10.3. The number of benzene rings is 1. The second-order valence-electron chi connectivity index (χ2n) is 3.70. The van der Waals surface area contributed by atoms with Gasteiger partial charge in [0.1, 0.15) is 12.2 Å². The van der Waals surface area contributed by atoms with Crippen molar-refractivity contribution in [2.75, 3.05) is 7.11 Å². The van der Waals surface area contributed by atoms with Crippen molar-refractivity contribution in [2.24, 2.45) is 0 Å². The number of rotatable bonds is 2. The van der Waals surface area contributed by atoms with Gasteiger partial charge in [0.05, 0.1) is 18.4 Å². The Morgan fingerprint density at radius 3 is 2.71 bits per heavy atom. The Hall–Kier alpha value is -2.17. The molecule has 1 heterocycles. The number of carbonyl (C=O) groups is 1. The van der Waals surface area contributed by atoms with E-state index in [9.17, 15) is 4.79 Å². The van der Waals surface area contributed by atoms with Crippen LogP contribution in [0, 0.1) is 13.8 Å². The molecule has 2 aromatic rings. The van der Waals surface area contributed by atoms with Gasteiger partial charge in [-0.25, -0.2) is 14.5 Å². The minimum atomic E-state index is -0.378. The fourth-order valence-corrected chi connectivity index (χ4v) is 1.69. The Bertz CT molecular complexity index is 561. The topological polar surface area (TPSA) is 57.0 Å². The van der Waals surface area contributed by atoms with E-state index in [-0.39, 0.29) is 5.97 Å². The first-order valence-corrected chi connectivity index (χ1v) is 5.20. The van der Waals surface area contributed by atoms with E-state index in [1.807, 2.05) is 19.1 Å². The molecule has 1 aromatic carbocycles. The predicted molar refractivity (Wildman–Crippen MR) is 62.2 cm³/mol. The van der Waals surface area contributed by atoms with E-state index in [2.05, 4.69) is 10.1 Å². The largest absolute Gasteiger partial charge is 0.465 e. The third kappa shape index (κ3) is 2.04. The average molecular weight is 231 g/mol. The molecule has 0 bridgehead atoms. The highest BCUT2D eigenvalue weighted by Gasteiger charge is 2.15. The van der Waals surface area contributed by atoms with Crippen LogP contribution in [0.3, 0.4) is 0 Å². The Balaban J connectivity index is 2.63. The van der Waals surface area contributed by atoms with Gasteiger partial charge in [-0.05, 0) is 25.5 Å². The lowest BCUT2D eigenvalue weighted by molar-refractivity contribution is 0.0600. The highest BCUT2D eigenvalue weighted by atomic mass is 16.5. The average Bonchev–Trinajstić information content (AvgIpc) is 2.74. The molecule has 17 heavy (non-hydrogen) atoms. The number of para-hydroxylation sites is 1. The summed E-state index contributed by atoms with van der Waals surface area (Å²) < 4.78 is 6.35. The molecule has 5 nitrogen and oxygen atoms in total. The fourth-order valence-electron chi connectivity index (χ4n) is 1.69. The molecule has 5 heteroatoms. The molecule has 2 rings (SSSR count). The Labute approximate surface area is 99.1 Å². The molecule has 0 spiro atoms. The molecule has 88 valence electrons. The highest BCUT2D eigenvalue weighted by Crippen LogP contribution is 2.19. The van der Waals surface area contributed by atoms with Crippen LogP contribution in [0.5, 0.6) is 0 Å². The third-order valence-corrected chi connectivity index (χ3v) is 2.48. The second kappa shape index (κ2) is 4.37. The summed E-state index contributed by atoms with van der Waals surface area (Å²) in [7, 11) is 1.36. The first-order valence-electron chi connectivity index (χ1n) is 5.20. The van der Waals surface area contributed by atoms with Crippen LogP contribution in [0.2, 0.25) is 0 Å². The van der Waals surface area contributed by atoms with Gasteiger partial charge in [-0.1, -0.05) is 12.1 Å². The number of ether oxygens (including phenoxy) is 1. The van der Waals surface area contributed by atoms with Crippen molar-refractivity contribution in [3.63, 3.8) is 0 Å². The molecule has 0 aliphatic heterocycles. The van der Waals surface area contributed by atoms with Gasteiger partial charge in [-0.3, -0.25) is 0 Å². The number of methoxy groups -OCH3 is 1. The molecule has 0 aliphatic carbocycles. The molecule has 0 atom stereocenters. The van der Waals surface area contributed by atoms with Crippen molar-refractivity contribution in [1.82, 2.24) is 14.8 Å². The molecule has 0 saturated carbocycles. The molecule has 0 radical (unpaired) electrons. The summed E-state index contributed by atoms with van der Waals surface area (Å²) in [6.07, 6.45) is 1.59. The Morgan fingerprint density at radius 2 is 2.12 bits per heavy atom. The van der Waals surface area contributed by atoms with E-state index in [0.717, 1.165) is 5.56 Å². The zero-order valence-corrected chi connectivity index (χ0v) is 9.97. The smallest absolute Gasteiger partial charge is 0.340 e. The molecule has 0 amide bonds. The summed E-state index contributed by atoms with van der Waals surface area (Å²) in [5, 5.41) is 4.22. The number of hydrogen-bond acceptors (Lipinski definition) is 4. The number of carbonyl (C=O) groups excluding carboxylic acids is 1. The molecule has 0 saturated heterocycles. The van der Waals surface area contributed by atoms with Gasteiger partial charge in [-0.2, -0.15) is 5.10 Å². The number of aromatic nitrogens is 3. The van der Waals surface area contributed by atoms with E-state index in [1.165, 1.54) is 7.11 Å². The summed E-state index contributed by atoms with van der Waals surface area (Å²) in [5.41, 5.74) is 2.13. The lowest BCUT2D eigenvalue weighted by Crippen LogP contribution is -2.10. The Kier molecular flexibility index (Phi) is 2.91. The molecule has 0 aliphatic rings. The monoisotopic (exact) mass is 231 g/mol. The molecule has 1 aromatic heterocycles. The zero-order chi connectivity index (χ0) is 12.4. The van der Waals surface area contributed by atoms with Crippen LogP contribution in [0.1, 0.15) is 21.7 Å². The first kappa shape index (κ1) is 11.3. The quantitative estimate of drug-likeness (QED) is 0.738. The van der Waals surface area contributed by atoms with Gasteiger partial charge < -0.3 is 4.74 Å². The van der Waals surface area contributed by atoms with Crippen molar-refractivity contribution < 1.29 is 9.53 Å². The van der Waals surface area contributed by atoms with Gasteiger partial charge in [0, 0.05) is 0 Å². The van der Waals surface area contributed by atoms with Crippen molar-refractivity contribution >= 4 is 5.97 Å². The van der Waals surface area contributed by atoms with Gasteiger partial charge >= 0.3 is 5.97 Å². The molecule has 0 fully saturated rings. The maximum Gasteiger partial charge on any atom is 0.340 e. The molecular formula is C12H13N3O2. The minimum Gasteiger partial charge on any atom is -0.465 e. The molecule has 0 N–H and O–H groups in total. The Morgan fingerprint density at radius 1 is 1.35 bits per heavy atom. The summed E-state index contributed by atoms with van der Waals surface area (Å²) in [6.45, 7) is 3.71. The SMILES string of the molecule is COC(=O)c1cccc(C)c1-n1cnc(C)n1. The maximum atomic E-state index is 11.7. The van der Waals surface area contributed by atoms with Crippen LogP contribution >= 0.6 is 0 Å². The standard InChI is InChI=1S/C12H13N3O2/c1-8-5-4-6-10(12(16)17-3)11(8)15-7-13-9(2)14-15/h4-7H,1-3H3. The van der Waals surface area contributed by atoms with Crippen LogP contribution in [0.4, 0.5) is 0 Å². The van der Waals surface area contributed by atoms with Crippen molar-refractivity contribution in [2.45, 2.75) is 13.8 Å². The molecular weight excluding hydrogens is 218 g/mol. The number of esters is 1. The van der Waals surface area contributed by atoms with Gasteiger partial charge in [-0.15, -0.1) is 0 Å². The zero-order valence-electron chi connectivity index (χ0n) is 9.97. The number of nitrogens with zero attached hydrogens (tertiary/aromatic N) is 3. The number of hydrogen-bond donors (Lipinski definition) is 0. The lowest BCUT2D eigenvalue weighted by atomic mass is 10.1. The first-order chi connectivity index (χ1) is 8.13. The van der Waals surface area contributed by atoms with Crippen LogP contribution in [-0.4, -0.2) is 27.8 Å². The summed E-state index contributed by atoms with van der Waals surface area (Å²) in [4.78, 5) is 15.7. The third-order valence-electron chi connectivity index (χ3n) is 2.48. The summed E-state index contributed by atoms with van der Waals surface area (Å²) in [5.74, 6) is 0.279. The van der Waals surface area contributed by atoms with E-state index >= 15 is 0 Å². The van der Waals surface area contributed by atoms with Gasteiger partial charge in [0.2, 0.25) is 0 Å². The van der Waals surface area contributed by atoms with Crippen molar-refractivity contribution in [1.29, 1.82) is 0 Å². The van der Waals surface area contributed by atoms with Crippen molar-refractivity contribution in [3.8, 4) is 5.69 Å². The van der Waals surface area contributed by atoms with Crippen LogP contribution in [0.15, 0.2) is 24.5 Å².